The van der Waals surface area contributed by atoms with Crippen molar-refractivity contribution >= 4 is 5.84 Å². The third-order valence-electron chi connectivity index (χ3n) is 2.31. The summed E-state index contributed by atoms with van der Waals surface area (Å²) in [7, 11) is 2.14. The molecule has 0 aromatic heterocycles. The highest BCUT2D eigenvalue weighted by Crippen LogP contribution is 2.11. The first-order valence-electron chi connectivity index (χ1n) is 4.73. The van der Waals surface area contributed by atoms with Crippen LogP contribution in [0.25, 0.3) is 0 Å². The molecule has 3 nitrogen and oxygen atoms in total. The minimum Gasteiger partial charge on any atom is -0.387 e. The fourth-order valence-electron chi connectivity index (χ4n) is 1.57. The molecule has 0 aromatic rings. The Kier molecular flexibility index (Phi) is 3.53. The van der Waals surface area contributed by atoms with E-state index >= 15 is 0 Å². The van der Waals surface area contributed by atoms with Gasteiger partial charge in [0.2, 0.25) is 0 Å². The van der Waals surface area contributed by atoms with Crippen molar-refractivity contribution < 1.29 is 0 Å². The molecule has 1 unspecified atom stereocenters. The highest BCUT2D eigenvalue weighted by Gasteiger charge is 2.15. The Morgan fingerprint density at radius 1 is 1.67 bits per heavy atom. The lowest BCUT2D eigenvalue weighted by molar-refractivity contribution is 0.253. The van der Waals surface area contributed by atoms with Gasteiger partial charge < -0.3 is 10.6 Å². The van der Waals surface area contributed by atoms with E-state index in [-0.39, 0.29) is 0 Å². The van der Waals surface area contributed by atoms with Gasteiger partial charge in [-0.05, 0) is 26.4 Å². The van der Waals surface area contributed by atoms with Crippen LogP contribution in [0.3, 0.4) is 0 Å². The lowest BCUT2D eigenvalue weighted by atomic mass is 10.1. The predicted molar refractivity (Wildman–Crippen MR) is 52.4 cm³/mol. The number of nitrogens with zero attached hydrogens (tertiary/aromatic N) is 2. The molecule has 1 saturated heterocycles. The topological polar surface area (TPSA) is 41.6 Å². The molecule has 0 saturated carbocycles. The van der Waals surface area contributed by atoms with E-state index in [2.05, 4.69) is 16.9 Å². The van der Waals surface area contributed by atoms with Crippen LogP contribution in [0.15, 0.2) is 4.99 Å². The zero-order valence-corrected chi connectivity index (χ0v) is 8.08. The van der Waals surface area contributed by atoms with E-state index in [0.29, 0.717) is 6.04 Å². The largest absolute Gasteiger partial charge is 0.387 e. The lowest BCUT2D eigenvalue weighted by Crippen LogP contribution is -2.35. The van der Waals surface area contributed by atoms with Crippen molar-refractivity contribution in [1.29, 1.82) is 0 Å². The second-order valence-electron chi connectivity index (χ2n) is 3.53. The van der Waals surface area contributed by atoms with Crippen LogP contribution in [-0.2, 0) is 0 Å². The normalized spacial score (nSPS) is 27.5. The van der Waals surface area contributed by atoms with Gasteiger partial charge in [-0.1, -0.05) is 6.92 Å². The number of likely N-dealkylation sites (tertiary alicyclic amines) is 1. The van der Waals surface area contributed by atoms with Gasteiger partial charge in [-0.15, -0.1) is 0 Å². The molecule has 1 rings (SSSR count). The van der Waals surface area contributed by atoms with Crippen LogP contribution in [0.4, 0.5) is 0 Å². The Labute approximate surface area is 74.6 Å². The summed E-state index contributed by atoms with van der Waals surface area (Å²) < 4.78 is 0. The van der Waals surface area contributed by atoms with Crippen LogP contribution >= 0.6 is 0 Å². The van der Waals surface area contributed by atoms with Gasteiger partial charge in [0.05, 0.1) is 11.9 Å². The molecule has 3 heteroatoms. The molecular formula is C9H19N3. The maximum absolute atomic E-state index is 5.68. The highest BCUT2D eigenvalue weighted by atomic mass is 15.1. The molecule has 0 amide bonds. The van der Waals surface area contributed by atoms with Gasteiger partial charge in [-0.3, -0.25) is 4.99 Å². The number of nitrogens with two attached hydrogens (primary N) is 1. The Balaban J connectivity index is 2.41. The van der Waals surface area contributed by atoms with Crippen molar-refractivity contribution in [3.63, 3.8) is 0 Å². The minimum absolute atomic E-state index is 0.448. The lowest BCUT2D eigenvalue weighted by Gasteiger charge is -2.27. The molecule has 12 heavy (non-hydrogen) atoms. The van der Waals surface area contributed by atoms with E-state index in [1.165, 1.54) is 19.4 Å². The quantitative estimate of drug-likeness (QED) is 0.492. The molecule has 2 N–H and O–H groups in total. The fraction of sp³-hybridized carbons (Fsp3) is 0.889. The third kappa shape index (κ3) is 2.81. The molecule has 1 aliphatic rings. The van der Waals surface area contributed by atoms with E-state index in [4.69, 9.17) is 5.73 Å². The number of piperidine rings is 1. The monoisotopic (exact) mass is 169 g/mol. The summed E-state index contributed by atoms with van der Waals surface area (Å²) in [5.74, 6) is 0.801. The summed E-state index contributed by atoms with van der Waals surface area (Å²) in [5, 5.41) is 0. The average molecular weight is 169 g/mol. The van der Waals surface area contributed by atoms with Crippen LogP contribution in [0, 0.1) is 0 Å². The summed E-state index contributed by atoms with van der Waals surface area (Å²) in [6.45, 7) is 4.32. The maximum Gasteiger partial charge on any atom is 0.0938 e. The molecule has 0 spiro atoms. The molecule has 0 aromatic carbocycles. The molecule has 1 fully saturated rings. The Bertz CT molecular complexity index is 165. The smallest absolute Gasteiger partial charge is 0.0938 e. The van der Waals surface area contributed by atoms with Crippen molar-refractivity contribution in [1.82, 2.24) is 4.90 Å². The molecule has 1 aliphatic heterocycles. The van der Waals surface area contributed by atoms with Gasteiger partial charge in [0.1, 0.15) is 0 Å². The minimum atomic E-state index is 0.448. The molecule has 1 atom stereocenters. The zero-order valence-electron chi connectivity index (χ0n) is 8.08. The SMILES string of the molecule is CCC(N)=NC1CCCN(C)C1. The third-order valence-corrected chi connectivity index (χ3v) is 2.31. The molecular weight excluding hydrogens is 150 g/mol. The van der Waals surface area contributed by atoms with Crippen molar-refractivity contribution in [3.05, 3.63) is 0 Å². The van der Waals surface area contributed by atoms with Gasteiger partial charge in [0.25, 0.3) is 0 Å². The average Bonchev–Trinajstić information content (AvgIpc) is 2.04. The van der Waals surface area contributed by atoms with Gasteiger partial charge in [-0.2, -0.15) is 0 Å². The summed E-state index contributed by atoms with van der Waals surface area (Å²) in [6, 6.07) is 0.448. The number of aliphatic imine (C=N–C) groups is 1. The molecule has 0 radical (unpaired) electrons. The number of hydrogen-bond donors (Lipinski definition) is 1. The maximum atomic E-state index is 5.68. The summed E-state index contributed by atoms with van der Waals surface area (Å²) >= 11 is 0. The van der Waals surface area contributed by atoms with Crippen LogP contribution in [-0.4, -0.2) is 36.9 Å². The van der Waals surface area contributed by atoms with E-state index in [9.17, 15) is 0 Å². The van der Waals surface area contributed by atoms with Crippen molar-refractivity contribution in [3.8, 4) is 0 Å². The molecule has 70 valence electrons. The number of amidine groups is 1. The van der Waals surface area contributed by atoms with Crippen LogP contribution in [0.1, 0.15) is 26.2 Å². The predicted octanol–water partition coefficient (Wildman–Crippen LogP) is 0.848. The van der Waals surface area contributed by atoms with Gasteiger partial charge in [0, 0.05) is 13.0 Å². The van der Waals surface area contributed by atoms with E-state index < -0.39 is 0 Å². The van der Waals surface area contributed by atoms with Crippen molar-refractivity contribution in [2.24, 2.45) is 10.7 Å². The van der Waals surface area contributed by atoms with Crippen LogP contribution in [0.2, 0.25) is 0 Å². The van der Waals surface area contributed by atoms with Crippen LogP contribution in [0.5, 0.6) is 0 Å². The summed E-state index contributed by atoms with van der Waals surface area (Å²) in [4.78, 5) is 6.78. The number of likely N-dealkylation sites (N-methyl/N-ethyl adjacent to an activating group) is 1. The summed E-state index contributed by atoms with van der Waals surface area (Å²) in [6.07, 6.45) is 3.33. The van der Waals surface area contributed by atoms with E-state index in [0.717, 1.165) is 18.8 Å². The first-order chi connectivity index (χ1) is 5.72. The first-order valence-corrected chi connectivity index (χ1v) is 4.73. The van der Waals surface area contributed by atoms with Gasteiger partial charge in [0.15, 0.2) is 0 Å². The van der Waals surface area contributed by atoms with Gasteiger partial charge >= 0.3 is 0 Å². The number of rotatable bonds is 2. The van der Waals surface area contributed by atoms with E-state index in [1.807, 2.05) is 6.92 Å². The Hall–Kier alpha value is -0.570. The van der Waals surface area contributed by atoms with Crippen LogP contribution < -0.4 is 5.73 Å². The highest BCUT2D eigenvalue weighted by molar-refractivity contribution is 5.80. The standard InChI is InChI=1S/C9H19N3/c1-3-9(10)11-8-5-4-6-12(2)7-8/h8H,3-7H2,1-2H3,(H2,10,11). The second kappa shape index (κ2) is 4.45. The van der Waals surface area contributed by atoms with Gasteiger partial charge in [-0.25, -0.2) is 0 Å². The Morgan fingerprint density at radius 2 is 2.42 bits per heavy atom. The second-order valence-corrected chi connectivity index (χ2v) is 3.53. The fourth-order valence-corrected chi connectivity index (χ4v) is 1.57. The Morgan fingerprint density at radius 3 is 3.00 bits per heavy atom. The molecule has 0 aliphatic carbocycles. The number of hydrogen-bond acceptors (Lipinski definition) is 2. The molecule has 1 heterocycles. The van der Waals surface area contributed by atoms with Crippen molar-refractivity contribution in [2.75, 3.05) is 20.1 Å². The first kappa shape index (κ1) is 9.52. The van der Waals surface area contributed by atoms with Crippen molar-refractivity contribution in [2.45, 2.75) is 32.2 Å². The zero-order chi connectivity index (χ0) is 8.97. The van der Waals surface area contributed by atoms with E-state index in [1.54, 1.807) is 0 Å². The summed E-state index contributed by atoms with van der Waals surface area (Å²) in [5.41, 5.74) is 5.68. The molecule has 0 bridgehead atoms.